The maximum absolute atomic E-state index is 14.2. The van der Waals surface area contributed by atoms with Gasteiger partial charge in [0.2, 0.25) is 12.0 Å². The molecular formula is C25H29FN8OS2. The van der Waals surface area contributed by atoms with Crippen LogP contribution in [0.2, 0.25) is 0 Å². The molecule has 4 aliphatic rings. The molecule has 1 spiro atoms. The van der Waals surface area contributed by atoms with Crippen LogP contribution in [-0.4, -0.2) is 76.1 Å². The van der Waals surface area contributed by atoms with Crippen molar-refractivity contribution in [2.75, 3.05) is 49.2 Å². The van der Waals surface area contributed by atoms with Crippen molar-refractivity contribution >= 4 is 34.0 Å². The predicted molar refractivity (Wildman–Crippen MR) is 141 cm³/mol. The number of fused-ring (bicyclic) bond motifs is 3. The molecular weight excluding hydrogens is 511 g/mol. The lowest BCUT2D eigenvalue weighted by atomic mass is 9.74. The van der Waals surface area contributed by atoms with E-state index in [1.165, 1.54) is 28.0 Å². The van der Waals surface area contributed by atoms with Crippen molar-refractivity contribution in [3.63, 3.8) is 0 Å². The Balaban J connectivity index is 1.23. The van der Waals surface area contributed by atoms with Gasteiger partial charge < -0.3 is 20.2 Å². The van der Waals surface area contributed by atoms with Gasteiger partial charge in [0.1, 0.15) is 23.8 Å². The number of thiophene rings is 1. The van der Waals surface area contributed by atoms with E-state index in [1.807, 2.05) is 6.92 Å². The predicted octanol–water partition coefficient (Wildman–Crippen LogP) is 3.45. The SMILES string of the molecule is [C-]#[N+]C(C)CSc1nc(OC[C@@]23CCCN2C[C@H](F)C3)nc(N2CC3(CCc4sc(N)c(C#N)c43)C2)n1. The Labute approximate surface area is 224 Å². The number of ether oxygens (including phenoxy) is 1. The van der Waals surface area contributed by atoms with Gasteiger partial charge in [0.05, 0.1) is 16.9 Å². The molecule has 0 amide bonds. The third kappa shape index (κ3) is 4.19. The molecule has 3 aliphatic heterocycles. The number of hydrogen-bond acceptors (Lipinski definition) is 10. The van der Waals surface area contributed by atoms with E-state index in [0.29, 0.717) is 60.1 Å². The molecule has 3 fully saturated rings. The van der Waals surface area contributed by atoms with Crippen LogP contribution in [0.15, 0.2) is 5.16 Å². The fraction of sp³-hybridized carbons (Fsp3) is 0.640. The number of aryl methyl sites for hydroxylation is 1. The number of aromatic nitrogens is 3. The number of nitrogens with zero attached hydrogens (tertiary/aromatic N) is 7. The molecule has 3 saturated heterocycles. The van der Waals surface area contributed by atoms with Crippen LogP contribution in [0.1, 0.15) is 48.6 Å². The Morgan fingerprint density at radius 2 is 2.22 bits per heavy atom. The molecule has 0 saturated carbocycles. The average Bonchev–Trinajstić information content (AvgIpc) is 3.58. The van der Waals surface area contributed by atoms with Gasteiger partial charge in [-0.15, -0.1) is 11.3 Å². The number of hydrogen-bond donors (Lipinski definition) is 1. The largest absolute Gasteiger partial charge is 0.461 e. The van der Waals surface area contributed by atoms with Crippen LogP contribution >= 0.6 is 23.1 Å². The summed E-state index contributed by atoms with van der Waals surface area (Å²) in [5.41, 5.74) is 7.49. The molecule has 9 nitrogen and oxygen atoms in total. The highest BCUT2D eigenvalue weighted by molar-refractivity contribution is 7.99. The van der Waals surface area contributed by atoms with Gasteiger partial charge in [0.15, 0.2) is 5.16 Å². The summed E-state index contributed by atoms with van der Waals surface area (Å²) in [6, 6.07) is 2.41. The number of rotatable bonds is 7. The number of thioether (sulfide) groups is 1. The van der Waals surface area contributed by atoms with Gasteiger partial charge in [-0.1, -0.05) is 11.8 Å². The summed E-state index contributed by atoms with van der Waals surface area (Å²) in [6.45, 7) is 12.3. The Kier molecular flexibility index (Phi) is 6.17. The molecule has 1 unspecified atom stereocenters. The first-order valence-electron chi connectivity index (χ1n) is 12.7. The Morgan fingerprint density at radius 3 is 3.00 bits per heavy atom. The second kappa shape index (κ2) is 9.26. The minimum absolute atomic E-state index is 0.0998. The van der Waals surface area contributed by atoms with E-state index >= 15 is 0 Å². The monoisotopic (exact) mass is 540 g/mol. The summed E-state index contributed by atoms with van der Waals surface area (Å²) in [4.78, 5) is 23.0. The molecule has 0 aromatic carbocycles. The van der Waals surface area contributed by atoms with E-state index in [-0.39, 0.29) is 23.0 Å². The number of anilines is 2. The molecule has 37 heavy (non-hydrogen) atoms. The van der Waals surface area contributed by atoms with Gasteiger partial charge in [0, 0.05) is 43.3 Å². The molecule has 5 heterocycles. The molecule has 0 bridgehead atoms. The Hall–Kier alpha value is -2.67. The first kappa shape index (κ1) is 24.7. The standard InChI is InChI=1S/C25H29FN8OS2/c1-15(29-2)11-36-23-31-21(30-22(32-23)35-14-25-5-3-7-34(25)10-16(26)8-25)33-12-24(13-33)6-4-18-19(24)17(9-27)20(28)37-18/h15-16H,3-8,10-14,28H2,1H3/t15?,16-,25+/m1/s1. The van der Waals surface area contributed by atoms with Gasteiger partial charge in [-0.3, -0.25) is 4.90 Å². The average molecular weight is 541 g/mol. The van der Waals surface area contributed by atoms with E-state index in [2.05, 4.69) is 30.7 Å². The van der Waals surface area contributed by atoms with Gasteiger partial charge in [-0.05, 0) is 37.8 Å². The lowest BCUT2D eigenvalue weighted by Crippen LogP contribution is -2.59. The number of nitrogens with two attached hydrogens (primary N) is 1. The molecule has 6 rings (SSSR count). The van der Waals surface area contributed by atoms with Crippen LogP contribution in [0.3, 0.4) is 0 Å². The van der Waals surface area contributed by atoms with Crippen LogP contribution in [0.4, 0.5) is 15.3 Å². The van der Waals surface area contributed by atoms with Crippen LogP contribution in [0.5, 0.6) is 6.01 Å². The van der Waals surface area contributed by atoms with Crippen molar-refractivity contribution in [3.05, 3.63) is 27.4 Å². The van der Waals surface area contributed by atoms with E-state index < -0.39 is 6.17 Å². The van der Waals surface area contributed by atoms with Crippen molar-refractivity contribution in [3.8, 4) is 12.1 Å². The third-order valence-electron chi connectivity index (χ3n) is 8.24. The second-order valence-corrected chi connectivity index (χ2v) is 12.9. The highest BCUT2D eigenvalue weighted by atomic mass is 32.2. The number of halogens is 1. The fourth-order valence-corrected chi connectivity index (χ4v) is 8.34. The van der Waals surface area contributed by atoms with Crippen molar-refractivity contribution in [2.45, 2.75) is 67.4 Å². The summed E-state index contributed by atoms with van der Waals surface area (Å²) in [7, 11) is 0. The van der Waals surface area contributed by atoms with Gasteiger partial charge in [-0.2, -0.15) is 20.2 Å². The van der Waals surface area contributed by atoms with Crippen LogP contribution in [-0.2, 0) is 11.8 Å². The van der Waals surface area contributed by atoms with Crippen molar-refractivity contribution in [2.24, 2.45) is 0 Å². The molecule has 2 aromatic heterocycles. The molecule has 1 aliphatic carbocycles. The molecule has 194 valence electrons. The van der Waals surface area contributed by atoms with E-state index in [0.717, 1.165) is 37.8 Å². The maximum Gasteiger partial charge on any atom is 0.322 e. The summed E-state index contributed by atoms with van der Waals surface area (Å²) in [6.07, 6.45) is 3.55. The second-order valence-electron chi connectivity index (χ2n) is 10.7. The van der Waals surface area contributed by atoms with Crippen LogP contribution in [0.25, 0.3) is 4.85 Å². The van der Waals surface area contributed by atoms with E-state index in [1.54, 1.807) is 0 Å². The van der Waals surface area contributed by atoms with Gasteiger partial charge in [0.25, 0.3) is 0 Å². The van der Waals surface area contributed by atoms with Crippen molar-refractivity contribution < 1.29 is 9.13 Å². The number of nitriles is 1. The quantitative estimate of drug-likeness (QED) is 0.417. The number of alkyl halides is 1. The first-order chi connectivity index (χ1) is 17.8. The van der Waals surface area contributed by atoms with Crippen molar-refractivity contribution in [1.29, 1.82) is 5.26 Å². The molecule has 12 heteroatoms. The Morgan fingerprint density at radius 1 is 1.38 bits per heavy atom. The minimum atomic E-state index is -0.822. The first-order valence-corrected chi connectivity index (χ1v) is 14.5. The molecule has 2 N–H and O–H groups in total. The molecule has 0 radical (unpaired) electrons. The van der Waals surface area contributed by atoms with E-state index in [9.17, 15) is 9.65 Å². The van der Waals surface area contributed by atoms with Crippen molar-refractivity contribution in [1.82, 2.24) is 19.9 Å². The highest BCUT2D eigenvalue weighted by Crippen LogP contribution is 2.52. The maximum atomic E-state index is 14.2. The number of nitrogen functional groups attached to an aromatic ring is 1. The Bertz CT molecular complexity index is 1300. The lowest BCUT2D eigenvalue weighted by Gasteiger charge is -2.48. The normalized spacial score (nSPS) is 26.4. The third-order valence-corrected chi connectivity index (χ3v) is 10.4. The summed E-state index contributed by atoms with van der Waals surface area (Å²) < 4.78 is 20.4. The van der Waals surface area contributed by atoms with Crippen LogP contribution in [0, 0.1) is 17.9 Å². The molecule has 2 aromatic rings. The van der Waals surface area contributed by atoms with E-state index in [4.69, 9.17) is 22.0 Å². The highest BCUT2D eigenvalue weighted by Gasteiger charge is 2.52. The lowest BCUT2D eigenvalue weighted by molar-refractivity contribution is 0.106. The topological polar surface area (TPSA) is 109 Å². The van der Waals surface area contributed by atoms with Gasteiger partial charge >= 0.3 is 6.01 Å². The summed E-state index contributed by atoms with van der Waals surface area (Å²) >= 11 is 2.96. The van der Waals surface area contributed by atoms with Gasteiger partial charge in [-0.25, -0.2) is 11.0 Å². The molecule has 3 atom stereocenters. The van der Waals surface area contributed by atoms with Crippen LogP contribution < -0.4 is 15.4 Å². The summed E-state index contributed by atoms with van der Waals surface area (Å²) in [5.74, 6) is 1.11. The smallest absolute Gasteiger partial charge is 0.322 e. The minimum Gasteiger partial charge on any atom is -0.461 e. The zero-order valence-corrected chi connectivity index (χ0v) is 22.4. The fourth-order valence-electron chi connectivity index (χ4n) is 6.44. The summed E-state index contributed by atoms with van der Waals surface area (Å²) in [5, 5.41) is 10.8. The zero-order chi connectivity index (χ0) is 25.8. The zero-order valence-electron chi connectivity index (χ0n) is 20.7.